The van der Waals surface area contributed by atoms with Crippen molar-refractivity contribution in [3.8, 4) is 0 Å². The summed E-state index contributed by atoms with van der Waals surface area (Å²) in [6.45, 7) is -0.464. The molecule has 1 atom stereocenters. The molecule has 0 radical (unpaired) electrons. The first-order chi connectivity index (χ1) is 10.7. The molecule has 0 fully saturated rings. The van der Waals surface area contributed by atoms with Gasteiger partial charge in [-0.2, -0.15) is 0 Å². The summed E-state index contributed by atoms with van der Waals surface area (Å²) in [4.78, 5) is 23.3. The third kappa shape index (κ3) is 4.68. The van der Waals surface area contributed by atoms with Gasteiger partial charge in [-0.05, 0) is 17.2 Å². The quantitative estimate of drug-likeness (QED) is 0.657. The maximum atomic E-state index is 11.8. The summed E-state index contributed by atoms with van der Waals surface area (Å²) in [5.41, 5.74) is 1.33. The van der Waals surface area contributed by atoms with Gasteiger partial charge in [-0.1, -0.05) is 60.7 Å². The average molecular weight is 296 g/mol. The van der Waals surface area contributed by atoms with Crippen molar-refractivity contribution in [1.82, 2.24) is 0 Å². The molecule has 0 saturated heterocycles. The van der Waals surface area contributed by atoms with E-state index < -0.39 is 24.5 Å². The van der Waals surface area contributed by atoms with Gasteiger partial charge in [0.2, 0.25) is 5.78 Å². The van der Waals surface area contributed by atoms with E-state index in [1.807, 2.05) is 30.3 Å². The van der Waals surface area contributed by atoms with E-state index in [2.05, 4.69) is 0 Å². The lowest BCUT2D eigenvalue weighted by Crippen LogP contribution is -2.19. The molecule has 1 unspecified atom stereocenters. The van der Waals surface area contributed by atoms with Crippen LogP contribution in [0.5, 0.6) is 0 Å². The van der Waals surface area contributed by atoms with Crippen molar-refractivity contribution in [3.63, 3.8) is 0 Å². The van der Waals surface area contributed by atoms with Crippen molar-refractivity contribution in [2.24, 2.45) is 0 Å². The molecule has 0 bridgehead atoms. The zero-order valence-corrected chi connectivity index (χ0v) is 11.9. The Kier molecular flexibility index (Phi) is 5.63. The first kappa shape index (κ1) is 15.7. The van der Waals surface area contributed by atoms with Crippen LogP contribution < -0.4 is 0 Å². The molecule has 0 spiro atoms. The smallest absolute Gasteiger partial charge is 0.331 e. The molecular formula is C18H16O4. The van der Waals surface area contributed by atoms with Crippen LogP contribution in [0.2, 0.25) is 0 Å². The van der Waals surface area contributed by atoms with Gasteiger partial charge in [-0.25, -0.2) is 4.79 Å². The summed E-state index contributed by atoms with van der Waals surface area (Å²) in [5, 5.41) is 9.85. The van der Waals surface area contributed by atoms with E-state index >= 15 is 0 Å². The van der Waals surface area contributed by atoms with Gasteiger partial charge in [-0.15, -0.1) is 0 Å². The highest BCUT2D eigenvalue weighted by Gasteiger charge is 2.18. The summed E-state index contributed by atoms with van der Waals surface area (Å²) in [6, 6.07) is 17.8. The van der Waals surface area contributed by atoms with E-state index in [1.54, 1.807) is 36.4 Å². The number of ether oxygens (including phenoxy) is 1. The minimum absolute atomic E-state index is 0.464. The highest BCUT2D eigenvalue weighted by atomic mass is 16.5. The molecule has 0 saturated carbocycles. The highest BCUT2D eigenvalue weighted by Crippen LogP contribution is 2.13. The number of aliphatic hydroxyl groups is 1. The average Bonchev–Trinajstić information content (AvgIpc) is 2.58. The fraction of sp³-hybridized carbons (Fsp3) is 0.111. The molecule has 0 aromatic heterocycles. The van der Waals surface area contributed by atoms with Crippen LogP contribution >= 0.6 is 0 Å². The lowest BCUT2D eigenvalue weighted by Gasteiger charge is -2.09. The van der Waals surface area contributed by atoms with E-state index in [4.69, 9.17) is 4.74 Å². The van der Waals surface area contributed by atoms with Crippen molar-refractivity contribution >= 4 is 17.8 Å². The van der Waals surface area contributed by atoms with Gasteiger partial charge in [0.15, 0.2) is 6.61 Å². The number of carbonyl (C=O) groups is 2. The number of Topliss-reactive ketones (excluding diaryl/α,β-unsaturated/α-hetero) is 1. The lowest BCUT2D eigenvalue weighted by atomic mass is 10.1. The van der Waals surface area contributed by atoms with E-state index in [-0.39, 0.29) is 0 Å². The minimum Gasteiger partial charge on any atom is -0.454 e. The lowest BCUT2D eigenvalue weighted by molar-refractivity contribution is -0.146. The van der Waals surface area contributed by atoms with Gasteiger partial charge in [0, 0.05) is 6.08 Å². The molecule has 4 nitrogen and oxygen atoms in total. The van der Waals surface area contributed by atoms with Crippen LogP contribution in [0.1, 0.15) is 17.2 Å². The first-order valence-corrected chi connectivity index (χ1v) is 6.82. The zero-order valence-electron chi connectivity index (χ0n) is 11.9. The van der Waals surface area contributed by atoms with Crippen molar-refractivity contribution in [2.75, 3.05) is 6.61 Å². The van der Waals surface area contributed by atoms with Gasteiger partial charge in [0.1, 0.15) is 6.10 Å². The Balaban J connectivity index is 1.83. The van der Waals surface area contributed by atoms with Crippen LogP contribution in [0, 0.1) is 0 Å². The fourth-order valence-corrected chi connectivity index (χ4v) is 1.82. The van der Waals surface area contributed by atoms with E-state index in [1.165, 1.54) is 6.08 Å². The molecule has 112 valence electrons. The maximum absolute atomic E-state index is 11.8. The molecule has 1 N–H and O–H groups in total. The molecule has 4 heteroatoms. The second-order valence-corrected chi connectivity index (χ2v) is 4.63. The monoisotopic (exact) mass is 296 g/mol. The molecule has 0 aliphatic carbocycles. The molecule has 2 aromatic rings. The predicted molar refractivity (Wildman–Crippen MR) is 82.8 cm³/mol. The number of aliphatic hydroxyl groups excluding tert-OH is 1. The Bertz CT molecular complexity index is 647. The molecule has 0 amide bonds. The Morgan fingerprint density at radius 3 is 2.23 bits per heavy atom. The normalized spacial score (nSPS) is 12.0. The van der Waals surface area contributed by atoms with Gasteiger partial charge in [-0.3, -0.25) is 4.79 Å². The van der Waals surface area contributed by atoms with Crippen LogP contribution in [-0.2, 0) is 14.3 Å². The number of rotatable bonds is 6. The summed E-state index contributed by atoms with van der Waals surface area (Å²) in [7, 11) is 0. The zero-order chi connectivity index (χ0) is 15.8. The Morgan fingerprint density at radius 1 is 1.00 bits per heavy atom. The van der Waals surface area contributed by atoms with Crippen LogP contribution in [-0.4, -0.2) is 23.5 Å². The van der Waals surface area contributed by atoms with Crippen molar-refractivity contribution < 1.29 is 19.4 Å². The Labute approximate surface area is 128 Å². The number of benzene rings is 2. The van der Waals surface area contributed by atoms with Crippen molar-refractivity contribution in [3.05, 3.63) is 77.9 Å². The molecule has 0 aliphatic rings. The van der Waals surface area contributed by atoms with Crippen LogP contribution in [0.25, 0.3) is 6.08 Å². The van der Waals surface area contributed by atoms with E-state index in [0.717, 1.165) is 5.56 Å². The number of hydrogen-bond donors (Lipinski definition) is 1. The predicted octanol–water partition coefficient (Wildman–Crippen LogP) is 2.55. The van der Waals surface area contributed by atoms with Gasteiger partial charge in [0.25, 0.3) is 0 Å². The summed E-state index contributed by atoms with van der Waals surface area (Å²) < 4.78 is 4.83. The van der Waals surface area contributed by atoms with Gasteiger partial charge >= 0.3 is 5.97 Å². The van der Waals surface area contributed by atoms with Crippen LogP contribution in [0.4, 0.5) is 0 Å². The highest BCUT2D eigenvalue weighted by molar-refractivity contribution is 5.91. The number of esters is 1. The van der Waals surface area contributed by atoms with E-state index in [0.29, 0.717) is 5.56 Å². The van der Waals surface area contributed by atoms with Gasteiger partial charge in [0.05, 0.1) is 0 Å². The molecule has 0 heterocycles. The number of hydrogen-bond acceptors (Lipinski definition) is 4. The maximum Gasteiger partial charge on any atom is 0.331 e. The largest absolute Gasteiger partial charge is 0.454 e. The molecule has 22 heavy (non-hydrogen) atoms. The van der Waals surface area contributed by atoms with Crippen molar-refractivity contribution in [1.29, 1.82) is 0 Å². The third-order valence-electron chi connectivity index (χ3n) is 2.99. The molecule has 2 rings (SSSR count). The number of carbonyl (C=O) groups excluding carboxylic acids is 2. The van der Waals surface area contributed by atoms with Crippen LogP contribution in [0.3, 0.4) is 0 Å². The minimum atomic E-state index is -1.29. The Morgan fingerprint density at radius 2 is 1.59 bits per heavy atom. The Hall–Kier alpha value is -2.72. The van der Waals surface area contributed by atoms with Gasteiger partial charge < -0.3 is 9.84 Å². The first-order valence-electron chi connectivity index (χ1n) is 6.82. The van der Waals surface area contributed by atoms with Crippen LogP contribution in [0.15, 0.2) is 66.7 Å². The van der Waals surface area contributed by atoms with Crippen molar-refractivity contribution in [2.45, 2.75) is 6.10 Å². The standard InChI is InChI=1S/C18H16O4/c19-16(18(21)15-9-5-2-6-10-15)13-22-17(20)12-11-14-7-3-1-4-8-14/h1-12,18,21H,13H2/b12-11+. The molecule has 2 aromatic carbocycles. The summed E-state index contributed by atoms with van der Waals surface area (Å²) in [5.74, 6) is -1.19. The summed E-state index contributed by atoms with van der Waals surface area (Å²) >= 11 is 0. The number of ketones is 1. The molecule has 0 aliphatic heterocycles. The van der Waals surface area contributed by atoms with E-state index in [9.17, 15) is 14.7 Å². The summed E-state index contributed by atoms with van der Waals surface area (Å²) in [6.07, 6.45) is 1.56. The second-order valence-electron chi connectivity index (χ2n) is 4.63. The molecular weight excluding hydrogens is 280 g/mol. The third-order valence-corrected chi connectivity index (χ3v) is 2.99. The SMILES string of the molecule is O=C(/C=C/c1ccccc1)OCC(=O)C(O)c1ccccc1. The fourth-order valence-electron chi connectivity index (χ4n) is 1.82. The topological polar surface area (TPSA) is 63.6 Å². The second kappa shape index (κ2) is 7.90.